The normalized spacial score (nSPS) is 13.4. The summed E-state index contributed by atoms with van der Waals surface area (Å²) in [7, 11) is 0. The maximum atomic E-state index is 11.0. The van der Waals surface area contributed by atoms with Crippen LogP contribution in [0.2, 0.25) is 0 Å². The van der Waals surface area contributed by atoms with Gasteiger partial charge in [0, 0.05) is 6.92 Å². The van der Waals surface area contributed by atoms with Crippen LogP contribution in [0.4, 0.5) is 9.59 Å². The number of primary amides is 1. The van der Waals surface area contributed by atoms with E-state index in [0.717, 1.165) is 0 Å². The Bertz CT molecular complexity index is 288. The molecule has 0 fully saturated rings. The predicted octanol–water partition coefficient (Wildman–Crippen LogP) is 1.37. The zero-order valence-corrected chi connectivity index (χ0v) is 11.7. The minimum Gasteiger partial charge on any atom is -0.461 e. The minimum absolute atomic E-state index is 0.194. The number of halogens is 1. The van der Waals surface area contributed by atoms with E-state index >= 15 is 0 Å². The molecule has 1 unspecified atom stereocenters. The van der Waals surface area contributed by atoms with E-state index < -0.39 is 21.6 Å². The van der Waals surface area contributed by atoms with Crippen LogP contribution in [-0.2, 0) is 19.0 Å². The first kappa shape index (κ1) is 15.9. The van der Waals surface area contributed by atoms with Crippen molar-refractivity contribution in [3.8, 4) is 0 Å². The van der Waals surface area contributed by atoms with Gasteiger partial charge in [-0.05, 0) is 6.42 Å². The molecule has 1 amide bonds. The molecular formula is C9H14INO6. The third-order valence-electron chi connectivity index (χ3n) is 1.96. The van der Waals surface area contributed by atoms with Crippen LogP contribution in [0.25, 0.3) is 0 Å². The van der Waals surface area contributed by atoms with Gasteiger partial charge in [-0.1, -0.05) is 6.92 Å². The first-order valence-electron chi connectivity index (χ1n) is 4.75. The minimum atomic E-state index is -1.20. The smallest absolute Gasteiger partial charge is 0.404 e. The molecule has 98 valence electrons. The molecule has 0 bridgehead atoms. The summed E-state index contributed by atoms with van der Waals surface area (Å²) >= 11 is 1.43. The predicted molar refractivity (Wildman–Crippen MR) is 65.7 cm³/mol. The SMILES string of the molecule is CCC(COC(C)=O)(COC(N)=O)OC(=O)I. The van der Waals surface area contributed by atoms with E-state index in [2.05, 4.69) is 4.74 Å². The summed E-state index contributed by atoms with van der Waals surface area (Å²) < 4.78 is 13.8. The summed E-state index contributed by atoms with van der Waals surface area (Å²) in [5.74, 6) is -0.522. The Hall–Kier alpha value is -1.06. The second kappa shape index (κ2) is 7.30. The number of rotatable bonds is 6. The highest BCUT2D eigenvalue weighted by atomic mass is 127. The van der Waals surface area contributed by atoms with Crippen LogP contribution in [0.1, 0.15) is 20.3 Å². The van der Waals surface area contributed by atoms with E-state index in [-0.39, 0.29) is 13.2 Å². The van der Waals surface area contributed by atoms with Gasteiger partial charge in [0.05, 0.1) is 22.6 Å². The molecule has 0 spiro atoms. The number of esters is 1. The van der Waals surface area contributed by atoms with Crippen LogP contribution in [0, 0.1) is 0 Å². The Morgan fingerprint density at radius 3 is 2.12 bits per heavy atom. The summed E-state index contributed by atoms with van der Waals surface area (Å²) in [6.07, 6.45) is -0.683. The Balaban J connectivity index is 4.66. The van der Waals surface area contributed by atoms with Crippen molar-refractivity contribution in [2.45, 2.75) is 25.9 Å². The van der Waals surface area contributed by atoms with Gasteiger partial charge in [0.15, 0.2) is 5.60 Å². The van der Waals surface area contributed by atoms with Crippen molar-refractivity contribution in [2.24, 2.45) is 5.73 Å². The van der Waals surface area contributed by atoms with Gasteiger partial charge in [0.2, 0.25) is 0 Å². The molecule has 0 aliphatic carbocycles. The highest BCUT2D eigenvalue weighted by Crippen LogP contribution is 2.20. The molecule has 0 aromatic carbocycles. The summed E-state index contributed by atoms with van der Waals surface area (Å²) in [6.45, 7) is 2.47. The molecular weight excluding hydrogens is 345 g/mol. The third kappa shape index (κ3) is 6.97. The molecule has 0 aliphatic rings. The second-order valence-corrected chi connectivity index (χ2v) is 4.15. The zero-order chi connectivity index (χ0) is 13.5. The quantitative estimate of drug-likeness (QED) is 0.332. The third-order valence-corrected chi connectivity index (χ3v) is 2.18. The van der Waals surface area contributed by atoms with Crippen molar-refractivity contribution in [3.05, 3.63) is 0 Å². The van der Waals surface area contributed by atoms with Crippen molar-refractivity contribution in [1.29, 1.82) is 0 Å². The van der Waals surface area contributed by atoms with Crippen LogP contribution >= 0.6 is 22.6 Å². The number of hydrogen-bond acceptors (Lipinski definition) is 6. The fourth-order valence-corrected chi connectivity index (χ4v) is 1.45. The fourth-order valence-electron chi connectivity index (χ4n) is 0.983. The molecule has 7 nitrogen and oxygen atoms in total. The monoisotopic (exact) mass is 359 g/mol. The molecule has 0 radical (unpaired) electrons. The van der Waals surface area contributed by atoms with Gasteiger partial charge in [0.25, 0.3) is 0 Å². The molecule has 0 saturated carbocycles. The van der Waals surface area contributed by atoms with E-state index in [9.17, 15) is 14.4 Å². The van der Waals surface area contributed by atoms with E-state index in [4.69, 9.17) is 15.2 Å². The van der Waals surface area contributed by atoms with Crippen LogP contribution in [0.3, 0.4) is 0 Å². The van der Waals surface area contributed by atoms with Crippen molar-refractivity contribution < 1.29 is 28.6 Å². The molecule has 0 heterocycles. The maximum Gasteiger partial charge on any atom is 0.404 e. The van der Waals surface area contributed by atoms with E-state index in [1.165, 1.54) is 29.5 Å². The number of carbonyl (C=O) groups is 3. The summed E-state index contributed by atoms with van der Waals surface area (Å²) in [5, 5.41) is 0. The van der Waals surface area contributed by atoms with Crippen molar-refractivity contribution in [3.63, 3.8) is 0 Å². The summed E-state index contributed by atoms with van der Waals surface area (Å²) in [4.78, 5) is 32.2. The van der Waals surface area contributed by atoms with Crippen LogP contribution in [-0.4, -0.2) is 34.9 Å². The van der Waals surface area contributed by atoms with Crippen LogP contribution < -0.4 is 5.73 Å². The average Bonchev–Trinajstić information content (AvgIpc) is 2.21. The number of amides is 1. The maximum absolute atomic E-state index is 11.0. The molecule has 0 aliphatic heterocycles. The topological polar surface area (TPSA) is 105 Å². The molecule has 0 rings (SSSR count). The van der Waals surface area contributed by atoms with Gasteiger partial charge in [-0.2, -0.15) is 0 Å². The molecule has 2 N–H and O–H groups in total. The number of ether oxygens (including phenoxy) is 3. The van der Waals surface area contributed by atoms with Gasteiger partial charge in [-0.25, -0.2) is 9.59 Å². The van der Waals surface area contributed by atoms with Crippen LogP contribution in [0.5, 0.6) is 0 Å². The van der Waals surface area contributed by atoms with Gasteiger partial charge in [0.1, 0.15) is 13.2 Å². The molecule has 8 heteroatoms. The van der Waals surface area contributed by atoms with Crippen LogP contribution in [0.15, 0.2) is 0 Å². The van der Waals surface area contributed by atoms with Crippen molar-refractivity contribution >= 4 is 38.6 Å². The lowest BCUT2D eigenvalue weighted by atomic mass is 10.0. The van der Waals surface area contributed by atoms with Crippen molar-refractivity contribution in [1.82, 2.24) is 0 Å². The standard InChI is InChI=1S/C9H14INO6/c1-3-9(17-7(10)13,4-15-6(2)12)5-16-8(11)14/h3-5H2,1-2H3,(H2,11,14). The Morgan fingerprint density at radius 2 is 1.76 bits per heavy atom. The molecule has 1 atom stereocenters. The first-order chi connectivity index (χ1) is 7.81. The highest BCUT2D eigenvalue weighted by Gasteiger charge is 2.35. The Morgan fingerprint density at radius 1 is 1.24 bits per heavy atom. The number of hydrogen-bond donors (Lipinski definition) is 1. The molecule has 17 heavy (non-hydrogen) atoms. The highest BCUT2D eigenvalue weighted by molar-refractivity contribution is 14.1. The molecule has 0 saturated heterocycles. The number of carbonyl (C=O) groups excluding carboxylic acids is 3. The average molecular weight is 359 g/mol. The zero-order valence-electron chi connectivity index (χ0n) is 9.53. The lowest BCUT2D eigenvalue weighted by Crippen LogP contribution is -2.44. The van der Waals surface area contributed by atoms with Gasteiger partial charge < -0.3 is 19.9 Å². The second-order valence-electron chi connectivity index (χ2n) is 3.26. The van der Waals surface area contributed by atoms with Crippen molar-refractivity contribution in [2.75, 3.05) is 13.2 Å². The van der Waals surface area contributed by atoms with Gasteiger partial charge in [-0.3, -0.25) is 4.79 Å². The van der Waals surface area contributed by atoms with E-state index in [0.29, 0.717) is 6.42 Å². The Kier molecular flexibility index (Phi) is 6.85. The lowest BCUT2D eigenvalue weighted by Gasteiger charge is -2.29. The first-order valence-corrected chi connectivity index (χ1v) is 5.83. The molecule has 0 aromatic rings. The lowest BCUT2D eigenvalue weighted by molar-refractivity contribution is -0.151. The largest absolute Gasteiger partial charge is 0.461 e. The Labute approximate surface area is 112 Å². The van der Waals surface area contributed by atoms with Gasteiger partial charge in [-0.15, -0.1) is 0 Å². The number of nitrogens with two attached hydrogens (primary N) is 1. The van der Waals surface area contributed by atoms with E-state index in [1.807, 2.05) is 0 Å². The molecule has 0 aromatic heterocycles. The van der Waals surface area contributed by atoms with Gasteiger partial charge >= 0.3 is 16.0 Å². The summed E-state index contributed by atoms with van der Waals surface area (Å²) in [5.41, 5.74) is 3.63. The summed E-state index contributed by atoms with van der Waals surface area (Å²) in [6, 6.07) is 0. The van der Waals surface area contributed by atoms with E-state index in [1.54, 1.807) is 6.92 Å². The fraction of sp³-hybridized carbons (Fsp3) is 0.667.